The summed E-state index contributed by atoms with van der Waals surface area (Å²) in [7, 11) is -0.415. The van der Waals surface area contributed by atoms with Gasteiger partial charge >= 0.3 is 7.12 Å². The highest BCUT2D eigenvalue weighted by Gasteiger charge is 2.52. The second-order valence-electron chi connectivity index (χ2n) is 7.83. The fraction of sp³-hybridized carbons (Fsp3) is 0.381. The first-order valence-electron chi connectivity index (χ1n) is 8.98. The van der Waals surface area contributed by atoms with Gasteiger partial charge in [-0.15, -0.1) is 0 Å². The molecule has 1 aliphatic heterocycles. The van der Waals surface area contributed by atoms with Crippen LogP contribution in [0, 0.1) is 6.92 Å². The van der Waals surface area contributed by atoms with Crippen molar-refractivity contribution in [3.8, 4) is 0 Å². The highest BCUT2D eigenvalue weighted by molar-refractivity contribution is 6.62. The summed E-state index contributed by atoms with van der Waals surface area (Å²) in [5.41, 5.74) is 2.90. The van der Waals surface area contributed by atoms with E-state index in [9.17, 15) is 4.79 Å². The first-order chi connectivity index (χ1) is 12.2. The van der Waals surface area contributed by atoms with Gasteiger partial charge in [-0.1, -0.05) is 42.0 Å². The lowest BCUT2D eigenvalue weighted by Crippen LogP contribution is -2.41. The van der Waals surface area contributed by atoms with Crippen LogP contribution in [0.5, 0.6) is 0 Å². The van der Waals surface area contributed by atoms with E-state index in [2.05, 4.69) is 5.32 Å². The van der Waals surface area contributed by atoms with Crippen LogP contribution in [0.3, 0.4) is 0 Å². The molecule has 0 atom stereocenters. The number of carbonyl (C=O) groups is 1. The summed E-state index contributed by atoms with van der Waals surface area (Å²) in [4.78, 5) is 12.4. The number of benzene rings is 2. The summed E-state index contributed by atoms with van der Waals surface area (Å²) in [6.07, 6.45) is 0. The van der Waals surface area contributed by atoms with Crippen LogP contribution in [0.25, 0.3) is 0 Å². The van der Waals surface area contributed by atoms with E-state index in [0.717, 1.165) is 16.6 Å². The molecule has 5 heteroatoms. The summed E-state index contributed by atoms with van der Waals surface area (Å²) >= 11 is 0. The topological polar surface area (TPSA) is 47.6 Å². The Morgan fingerprint density at radius 3 is 2.19 bits per heavy atom. The molecule has 1 saturated heterocycles. The number of nitrogens with one attached hydrogen (secondary N) is 1. The largest absolute Gasteiger partial charge is 0.495 e. The first-order valence-corrected chi connectivity index (χ1v) is 8.98. The average Bonchev–Trinajstić information content (AvgIpc) is 2.81. The van der Waals surface area contributed by atoms with E-state index in [-0.39, 0.29) is 17.1 Å². The van der Waals surface area contributed by atoms with Crippen LogP contribution in [0.1, 0.15) is 49.2 Å². The predicted molar refractivity (Wildman–Crippen MR) is 105 cm³/mol. The third kappa shape index (κ3) is 3.69. The number of amides is 1. The van der Waals surface area contributed by atoms with Crippen molar-refractivity contribution in [1.29, 1.82) is 0 Å². The molecule has 0 saturated carbocycles. The molecule has 0 bridgehead atoms. The lowest BCUT2D eigenvalue weighted by Gasteiger charge is -2.32. The normalized spacial score (nSPS) is 18.0. The maximum absolute atomic E-state index is 12.4. The van der Waals surface area contributed by atoms with Crippen LogP contribution < -0.4 is 10.8 Å². The number of hydrogen-bond acceptors (Lipinski definition) is 3. The molecule has 0 aromatic heterocycles. The van der Waals surface area contributed by atoms with E-state index in [4.69, 9.17) is 9.31 Å². The van der Waals surface area contributed by atoms with Gasteiger partial charge in [0.05, 0.1) is 11.2 Å². The molecule has 2 aromatic rings. The van der Waals surface area contributed by atoms with Crippen molar-refractivity contribution in [3.63, 3.8) is 0 Å². The maximum Gasteiger partial charge on any atom is 0.495 e. The minimum atomic E-state index is -0.415. The highest BCUT2D eigenvalue weighted by Crippen LogP contribution is 2.36. The molecular weight excluding hydrogens is 325 g/mol. The van der Waals surface area contributed by atoms with Gasteiger partial charge in [0.1, 0.15) is 0 Å². The molecule has 26 heavy (non-hydrogen) atoms. The van der Waals surface area contributed by atoms with Crippen molar-refractivity contribution in [2.24, 2.45) is 0 Å². The molecular formula is C21H26BNO3. The van der Waals surface area contributed by atoms with Crippen molar-refractivity contribution in [1.82, 2.24) is 5.32 Å². The van der Waals surface area contributed by atoms with Crippen molar-refractivity contribution in [3.05, 3.63) is 65.2 Å². The molecule has 1 aliphatic rings. The molecule has 2 aromatic carbocycles. The van der Waals surface area contributed by atoms with E-state index in [1.807, 2.05) is 83.1 Å². The molecule has 1 amide bonds. The Labute approximate surface area is 156 Å². The van der Waals surface area contributed by atoms with Gasteiger partial charge in [0.2, 0.25) is 0 Å². The Hall–Kier alpha value is -2.11. The Morgan fingerprint density at radius 1 is 1.00 bits per heavy atom. The average molecular weight is 351 g/mol. The van der Waals surface area contributed by atoms with Crippen LogP contribution >= 0.6 is 0 Å². The van der Waals surface area contributed by atoms with Crippen molar-refractivity contribution in [2.75, 3.05) is 0 Å². The Balaban J connectivity index is 1.71. The zero-order chi connectivity index (χ0) is 18.9. The summed E-state index contributed by atoms with van der Waals surface area (Å²) in [6.45, 7) is 10.6. The zero-order valence-corrected chi connectivity index (χ0v) is 16.1. The van der Waals surface area contributed by atoms with E-state index < -0.39 is 7.12 Å². The molecule has 4 nitrogen and oxygen atoms in total. The molecule has 3 rings (SSSR count). The molecule has 1 N–H and O–H groups in total. The van der Waals surface area contributed by atoms with E-state index in [0.29, 0.717) is 12.1 Å². The number of aryl methyl sites for hydroxylation is 1. The smallest absolute Gasteiger partial charge is 0.399 e. The molecule has 0 unspecified atom stereocenters. The van der Waals surface area contributed by atoms with E-state index in [1.165, 1.54) is 0 Å². The van der Waals surface area contributed by atoms with Crippen molar-refractivity contribution < 1.29 is 14.1 Å². The van der Waals surface area contributed by atoms with Gasteiger partial charge in [0.15, 0.2) is 0 Å². The van der Waals surface area contributed by atoms with Crippen LogP contribution in [-0.2, 0) is 15.9 Å². The number of hydrogen-bond donors (Lipinski definition) is 1. The lowest BCUT2D eigenvalue weighted by atomic mass is 9.76. The van der Waals surface area contributed by atoms with Crippen LogP contribution in [0.4, 0.5) is 0 Å². The first kappa shape index (κ1) is 18.7. The quantitative estimate of drug-likeness (QED) is 0.861. The van der Waals surface area contributed by atoms with Gasteiger partial charge in [-0.3, -0.25) is 4.79 Å². The van der Waals surface area contributed by atoms with Gasteiger partial charge < -0.3 is 14.6 Å². The second kappa shape index (κ2) is 6.90. The number of carbonyl (C=O) groups excluding carboxylic acids is 1. The predicted octanol–water partition coefficient (Wildman–Crippen LogP) is 3.22. The summed E-state index contributed by atoms with van der Waals surface area (Å²) in [5.74, 6) is -0.0857. The fourth-order valence-electron chi connectivity index (χ4n) is 2.93. The fourth-order valence-corrected chi connectivity index (χ4v) is 2.93. The third-order valence-electron chi connectivity index (χ3n) is 5.34. The molecule has 1 fully saturated rings. The van der Waals surface area contributed by atoms with Crippen LogP contribution in [-0.4, -0.2) is 24.2 Å². The minimum absolute atomic E-state index is 0.0857. The van der Waals surface area contributed by atoms with Crippen LogP contribution in [0.15, 0.2) is 48.5 Å². The molecule has 1 heterocycles. The van der Waals surface area contributed by atoms with Crippen LogP contribution in [0.2, 0.25) is 0 Å². The zero-order valence-electron chi connectivity index (χ0n) is 16.1. The SMILES string of the molecule is Cc1cc(C(=O)NCc2ccccc2)ccc1B1OC(C)(C)C(C)(C)O1. The summed E-state index contributed by atoms with van der Waals surface area (Å²) in [6, 6.07) is 15.5. The molecule has 0 radical (unpaired) electrons. The van der Waals surface area contributed by atoms with Gasteiger partial charge in [-0.2, -0.15) is 0 Å². The monoisotopic (exact) mass is 351 g/mol. The standard InChI is InChI=1S/C21H26BNO3/c1-15-13-17(19(24)23-14-16-9-7-6-8-10-16)11-12-18(15)22-25-20(2,3)21(4,5)26-22/h6-13H,14H2,1-5H3,(H,23,24). The molecule has 136 valence electrons. The van der Waals surface area contributed by atoms with E-state index >= 15 is 0 Å². The summed E-state index contributed by atoms with van der Waals surface area (Å²) < 4.78 is 12.2. The van der Waals surface area contributed by atoms with Gasteiger partial charge in [0, 0.05) is 12.1 Å². The molecule has 0 spiro atoms. The Morgan fingerprint density at radius 2 is 1.62 bits per heavy atom. The van der Waals surface area contributed by atoms with Gasteiger partial charge in [-0.05, 0) is 57.8 Å². The molecule has 0 aliphatic carbocycles. The van der Waals surface area contributed by atoms with Gasteiger partial charge in [0.25, 0.3) is 5.91 Å². The highest BCUT2D eigenvalue weighted by atomic mass is 16.7. The lowest BCUT2D eigenvalue weighted by molar-refractivity contribution is 0.00578. The number of rotatable bonds is 4. The Bertz CT molecular complexity index is 786. The van der Waals surface area contributed by atoms with Gasteiger partial charge in [-0.25, -0.2) is 0 Å². The maximum atomic E-state index is 12.4. The third-order valence-corrected chi connectivity index (χ3v) is 5.34. The van der Waals surface area contributed by atoms with E-state index in [1.54, 1.807) is 0 Å². The van der Waals surface area contributed by atoms with Crippen molar-refractivity contribution >= 4 is 18.5 Å². The summed E-state index contributed by atoms with van der Waals surface area (Å²) in [5, 5.41) is 2.96. The second-order valence-corrected chi connectivity index (χ2v) is 7.83. The minimum Gasteiger partial charge on any atom is -0.399 e. The Kier molecular flexibility index (Phi) is 4.95. The van der Waals surface area contributed by atoms with Crippen molar-refractivity contribution in [2.45, 2.75) is 52.4 Å².